The number of halogens is 1. The van der Waals surface area contributed by atoms with Gasteiger partial charge in [0.25, 0.3) is 0 Å². The van der Waals surface area contributed by atoms with Crippen molar-refractivity contribution in [3.05, 3.63) is 35.4 Å². The fourth-order valence-electron chi connectivity index (χ4n) is 2.39. The minimum Gasteiger partial charge on any atom is -0.356 e. The van der Waals surface area contributed by atoms with Gasteiger partial charge >= 0.3 is 0 Å². The molecule has 24 heavy (non-hydrogen) atoms. The Morgan fingerprint density at radius 3 is 2.12 bits per heavy atom. The van der Waals surface area contributed by atoms with Crippen molar-refractivity contribution < 1.29 is 0 Å². The maximum Gasteiger partial charge on any atom is 0.190 e. The van der Waals surface area contributed by atoms with Gasteiger partial charge < -0.3 is 15.5 Å². The average Bonchev–Trinajstić information content (AvgIpc) is 2.53. The van der Waals surface area contributed by atoms with Gasteiger partial charge in [-0.2, -0.15) is 0 Å². The van der Waals surface area contributed by atoms with Crippen LogP contribution in [0.2, 0.25) is 0 Å². The minimum atomic E-state index is 0. The zero-order valence-corrected chi connectivity index (χ0v) is 18.3. The summed E-state index contributed by atoms with van der Waals surface area (Å²) in [7, 11) is 6.02. The summed E-state index contributed by atoms with van der Waals surface area (Å²) in [6.45, 7) is 7.45. The highest BCUT2D eigenvalue weighted by molar-refractivity contribution is 14.0. The number of aryl methyl sites for hydroxylation is 1. The van der Waals surface area contributed by atoms with Gasteiger partial charge in [-0.3, -0.25) is 4.99 Å². The van der Waals surface area contributed by atoms with E-state index in [-0.39, 0.29) is 24.0 Å². The van der Waals surface area contributed by atoms with Crippen LogP contribution in [0.4, 0.5) is 0 Å². The van der Waals surface area contributed by atoms with Crippen molar-refractivity contribution in [3.8, 4) is 0 Å². The average molecular weight is 446 g/mol. The quantitative estimate of drug-likeness (QED) is 0.264. The van der Waals surface area contributed by atoms with Gasteiger partial charge in [0, 0.05) is 20.1 Å². The number of hydrogen-bond acceptors (Lipinski definition) is 2. The predicted molar refractivity (Wildman–Crippen MR) is 117 cm³/mol. The normalized spacial score (nSPS) is 11.5. The molecule has 0 aromatic heterocycles. The smallest absolute Gasteiger partial charge is 0.190 e. The molecule has 0 aliphatic rings. The topological polar surface area (TPSA) is 39.7 Å². The molecule has 0 unspecified atom stereocenters. The van der Waals surface area contributed by atoms with E-state index in [1.807, 2.05) is 7.05 Å². The molecule has 1 aromatic carbocycles. The van der Waals surface area contributed by atoms with E-state index in [0.29, 0.717) is 5.92 Å². The number of nitrogens with one attached hydrogen (secondary N) is 2. The van der Waals surface area contributed by atoms with Gasteiger partial charge in [-0.1, -0.05) is 38.1 Å². The summed E-state index contributed by atoms with van der Waals surface area (Å²) in [4.78, 5) is 6.46. The Labute approximate surface area is 165 Å². The largest absolute Gasteiger partial charge is 0.356 e. The summed E-state index contributed by atoms with van der Waals surface area (Å²) in [6, 6.07) is 9.00. The standard InChI is InChI=1S/C19H34N4.HI/c1-16(2)18-11-9-17(10-12-18)8-6-13-21-19(20-3)22-14-7-15-23(4)5;/h9-12,16H,6-8,13-15H2,1-5H3,(H2,20,21,22);1H. The Morgan fingerprint density at radius 2 is 1.62 bits per heavy atom. The molecule has 0 saturated heterocycles. The number of aliphatic imine (C=N–C) groups is 1. The molecule has 0 aliphatic carbocycles. The second-order valence-corrected chi connectivity index (χ2v) is 6.58. The summed E-state index contributed by atoms with van der Waals surface area (Å²) in [5.74, 6) is 1.51. The van der Waals surface area contributed by atoms with Crippen molar-refractivity contribution in [3.63, 3.8) is 0 Å². The lowest BCUT2D eigenvalue weighted by atomic mass is 10.0. The first-order valence-corrected chi connectivity index (χ1v) is 8.71. The molecule has 0 atom stereocenters. The van der Waals surface area contributed by atoms with Gasteiger partial charge in [0.15, 0.2) is 5.96 Å². The third-order valence-electron chi connectivity index (χ3n) is 3.88. The Bertz CT molecular complexity index is 455. The highest BCUT2D eigenvalue weighted by atomic mass is 127. The van der Waals surface area contributed by atoms with Gasteiger partial charge in [0.2, 0.25) is 0 Å². The molecule has 0 bridgehead atoms. The molecule has 0 spiro atoms. The monoisotopic (exact) mass is 446 g/mol. The molecule has 0 fully saturated rings. The second-order valence-electron chi connectivity index (χ2n) is 6.58. The van der Waals surface area contributed by atoms with E-state index in [1.165, 1.54) is 11.1 Å². The van der Waals surface area contributed by atoms with E-state index in [1.54, 1.807) is 0 Å². The molecule has 138 valence electrons. The fraction of sp³-hybridized carbons (Fsp3) is 0.632. The van der Waals surface area contributed by atoms with Crippen LogP contribution in [0, 0.1) is 0 Å². The van der Waals surface area contributed by atoms with E-state index >= 15 is 0 Å². The van der Waals surface area contributed by atoms with Crippen LogP contribution in [0.3, 0.4) is 0 Å². The van der Waals surface area contributed by atoms with Crippen LogP contribution in [0.15, 0.2) is 29.3 Å². The zero-order valence-electron chi connectivity index (χ0n) is 15.9. The van der Waals surface area contributed by atoms with Crippen LogP contribution in [0.25, 0.3) is 0 Å². The second kappa shape index (κ2) is 13.5. The number of guanidine groups is 1. The van der Waals surface area contributed by atoms with Gasteiger partial charge in [0.1, 0.15) is 0 Å². The molecule has 0 saturated carbocycles. The van der Waals surface area contributed by atoms with Crippen molar-refractivity contribution in [1.82, 2.24) is 15.5 Å². The number of nitrogens with zero attached hydrogens (tertiary/aromatic N) is 2. The minimum absolute atomic E-state index is 0. The first-order valence-electron chi connectivity index (χ1n) is 8.71. The van der Waals surface area contributed by atoms with Crippen LogP contribution in [0.1, 0.15) is 43.7 Å². The lowest BCUT2D eigenvalue weighted by Gasteiger charge is -2.13. The van der Waals surface area contributed by atoms with Crippen molar-refractivity contribution in [2.24, 2.45) is 4.99 Å². The lowest BCUT2D eigenvalue weighted by Crippen LogP contribution is -2.39. The van der Waals surface area contributed by atoms with Crippen LogP contribution < -0.4 is 10.6 Å². The molecule has 0 radical (unpaired) electrons. The summed E-state index contributed by atoms with van der Waals surface area (Å²) in [5, 5.41) is 6.74. The number of hydrogen-bond donors (Lipinski definition) is 2. The highest BCUT2D eigenvalue weighted by Crippen LogP contribution is 2.15. The Hall–Kier alpha value is -0.820. The molecule has 2 N–H and O–H groups in total. The third kappa shape index (κ3) is 10.1. The van der Waals surface area contributed by atoms with Crippen LogP contribution >= 0.6 is 24.0 Å². The van der Waals surface area contributed by atoms with Crippen molar-refractivity contribution >= 4 is 29.9 Å². The Morgan fingerprint density at radius 1 is 1.04 bits per heavy atom. The Balaban J connectivity index is 0.00000529. The van der Waals surface area contributed by atoms with Crippen molar-refractivity contribution in [1.29, 1.82) is 0 Å². The van der Waals surface area contributed by atoms with Crippen LogP contribution in [-0.2, 0) is 6.42 Å². The molecule has 0 amide bonds. The first kappa shape index (κ1) is 23.2. The molecule has 4 nitrogen and oxygen atoms in total. The maximum atomic E-state index is 4.26. The van der Waals surface area contributed by atoms with Gasteiger partial charge in [-0.15, -0.1) is 24.0 Å². The van der Waals surface area contributed by atoms with Crippen LogP contribution in [-0.4, -0.2) is 51.6 Å². The molecular weight excluding hydrogens is 411 g/mol. The molecule has 1 aromatic rings. The summed E-state index contributed by atoms with van der Waals surface area (Å²) < 4.78 is 0. The van der Waals surface area contributed by atoms with Gasteiger partial charge in [0.05, 0.1) is 0 Å². The number of rotatable bonds is 9. The van der Waals surface area contributed by atoms with E-state index < -0.39 is 0 Å². The van der Waals surface area contributed by atoms with E-state index in [2.05, 4.69) is 72.7 Å². The van der Waals surface area contributed by atoms with Crippen LogP contribution in [0.5, 0.6) is 0 Å². The SMILES string of the molecule is CN=C(NCCCc1ccc(C(C)C)cc1)NCCCN(C)C.I. The lowest BCUT2D eigenvalue weighted by molar-refractivity contribution is 0.399. The summed E-state index contributed by atoms with van der Waals surface area (Å²) in [6.07, 6.45) is 3.33. The van der Waals surface area contributed by atoms with E-state index in [0.717, 1.165) is 44.9 Å². The van der Waals surface area contributed by atoms with Crippen molar-refractivity contribution in [2.45, 2.75) is 39.0 Å². The fourth-order valence-corrected chi connectivity index (χ4v) is 2.39. The van der Waals surface area contributed by atoms with E-state index in [9.17, 15) is 0 Å². The first-order chi connectivity index (χ1) is 11.0. The highest BCUT2D eigenvalue weighted by Gasteiger charge is 2.00. The van der Waals surface area contributed by atoms with Crippen molar-refractivity contribution in [2.75, 3.05) is 40.8 Å². The molecule has 0 aliphatic heterocycles. The van der Waals surface area contributed by atoms with E-state index in [4.69, 9.17) is 0 Å². The maximum absolute atomic E-state index is 4.26. The Kier molecular flexibility index (Phi) is 13.0. The van der Waals surface area contributed by atoms with Gasteiger partial charge in [-0.05, 0) is 56.9 Å². The molecular formula is C19H35IN4. The molecule has 0 heterocycles. The predicted octanol–water partition coefficient (Wildman–Crippen LogP) is 3.48. The molecule has 1 rings (SSSR count). The summed E-state index contributed by atoms with van der Waals surface area (Å²) >= 11 is 0. The zero-order chi connectivity index (χ0) is 17.1. The summed E-state index contributed by atoms with van der Waals surface area (Å²) in [5.41, 5.74) is 2.82. The molecule has 5 heteroatoms. The third-order valence-corrected chi connectivity index (χ3v) is 3.88. The van der Waals surface area contributed by atoms with Gasteiger partial charge in [-0.25, -0.2) is 0 Å². The number of benzene rings is 1.